The summed E-state index contributed by atoms with van der Waals surface area (Å²) in [6, 6.07) is 5.75. The number of benzene rings is 1. The number of anilines is 1. The average molecular weight is 434 g/mol. The van der Waals surface area contributed by atoms with Crippen LogP contribution in [0.25, 0.3) is 21.4 Å². The van der Waals surface area contributed by atoms with E-state index in [-0.39, 0.29) is 0 Å². The first-order chi connectivity index (χ1) is 13.5. The lowest BCUT2D eigenvalue weighted by Gasteiger charge is -2.10. The van der Waals surface area contributed by atoms with Crippen LogP contribution in [0.3, 0.4) is 0 Å². The highest BCUT2D eigenvalue weighted by atomic mass is 35.5. The summed E-state index contributed by atoms with van der Waals surface area (Å²) in [6.07, 6.45) is 1.48. The predicted molar refractivity (Wildman–Crippen MR) is 116 cm³/mol. The van der Waals surface area contributed by atoms with E-state index in [2.05, 4.69) is 38.7 Å². The van der Waals surface area contributed by atoms with Gasteiger partial charge in [0.15, 0.2) is 26.5 Å². The Morgan fingerprint density at radius 3 is 2.93 bits per heavy atom. The molecule has 0 atom stereocenters. The minimum Gasteiger partial charge on any atom is -0.382 e. The molecule has 28 heavy (non-hydrogen) atoms. The Morgan fingerprint density at radius 1 is 1.29 bits per heavy atom. The summed E-state index contributed by atoms with van der Waals surface area (Å²) >= 11 is 9.35. The van der Waals surface area contributed by atoms with E-state index in [1.165, 1.54) is 18.1 Å². The van der Waals surface area contributed by atoms with Crippen LogP contribution in [0.2, 0.25) is 5.02 Å². The van der Waals surface area contributed by atoms with E-state index in [9.17, 15) is 0 Å². The van der Waals surface area contributed by atoms with E-state index < -0.39 is 0 Å². The molecule has 0 aliphatic heterocycles. The number of rotatable bonds is 7. The van der Waals surface area contributed by atoms with Crippen molar-refractivity contribution >= 4 is 61.9 Å². The molecule has 4 aromatic rings. The van der Waals surface area contributed by atoms with E-state index in [1.54, 1.807) is 11.3 Å². The molecule has 10 heteroatoms. The number of halogens is 1. The Bertz CT molecular complexity index is 1120. The number of nitrogen functional groups attached to an aromatic ring is 1. The lowest BCUT2D eigenvalue weighted by molar-refractivity contribution is 0.516. The number of fused-ring (bicyclic) bond motifs is 2. The van der Waals surface area contributed by atoms with Gasteiger partial charge in [-0.05, 0) is 36.4 Å². The van der Waals surface area contributed by atoms with E-state index in [1.807, 2.05) is 18.2 Å². The van der Waals surface area contributed by atoms with Crippen molar-refractivity contribution in [2.24, 2.45) is 5.92 Å². The summed E-state index contributed by atoms with van der Waals surface area (Å²) in [7, 11) is 0. The van der Waals surface area contributed by atoms with Gasteiger partial charge in [-0.25, -0.2) is 19.9 Å². The van der Waals surface area contributed by atoms with Gasteiger partial charge < -0.3 is 15.6 Å². The molecule has 1 aromatic carbocycles. The number of nitrogens with zero attached hydrogens (tertiary/aromatic N) is 5. The fourth-order valence-corrected chi connectivity index (χ4v) is 5.16. The lowest BCUT2D eigenvalue weighted by Crippen LogP contribution is -2.24. The molecule has 0 unspecified atom stereocenters. The van der Waals surface area contributed by atoms with Gasteiger partial charge in [0.1, 0.15) is 6.33 Å². The van der Waals surface area contributed by atoms with Crippen molar-refractivity contribution in [1.82, 2.24) is 29.8 Å². The van der Waals surface area contributed by atoms with Gasteiger partial charge in [0.05, 0.1) is 15.2 Å². The Morgan fingerprint density at radius 2 is 2.14 bits per heavy atom. The number of imidazole rings is 1. The summed E-state index contributed by atoms with van der Waals surface area (Å²) in [5.41, 5.74) is 8.27. The van der Waals surface area contributed by atoms with Gasteiger partial charge >= 0.3 is 0 Å². The standard InChI is InChI=1S/C18H20ClN7S2/c1-10(2)8-21-6-7-26-16-13(15(20)22-9-23-16)25-17(26)28-18-24-12-5-3-4-11(19)14(12)27-18/h3-5,9-10,21H,6-8H2,1-2H3,(H2,20,22,23). The van der Waals surface area contributed by atoms with E-state index >= 15 is 0 Å². The number of thiazole rings is 1. The molecule has 3 N–H and O–H groups in total. The minimum atomic E-state index is 0.382. The maximum Gasteiger partial charge on any atom is 0.177 e. The second-order valence-electron chi connectivity index (χ2n) is 6.75. The van der Waals surface area contributed by atoms with Gasteiger partial charge in [-0.1, -0.05) is 31.5 Å². The van der Waals surface area contributed by atoms with Crippen LogP contribution < -0.4 is 11.1 Å². The van der Waals surface area contributed by atoms with Crippen LogP contribution in [-0.4, -0.2) is 37.6 Å². The second-order valence-corrected chi connectivity index (χ2v) is 9.37. The summed E-state index contributed by atoms with van der Waals surface area (Å²) < 4.78 is 3.92. The van der Waals surface area contributed by atoms with Crippen molar-refractivity contribution < 1.29 is 0 Å². The van der Waals surface area contributed by atoms with Crippen LogP contribution in [0, 0.1) is 5.92 Å². The van der Waals surface area contributed by atoms with E-state index in [0.29, 0.717) is 22.3 Å². The van der Waals surface area contributed by atoms with Crippen molar-refractivity contribution in [3.63, 3.8) is 0 Å². The first kappa shape index (κ1) is 19.4. The summed E-state index contributed by atoms with van der Waals surface area (Å²) in [5, 5.41) is 4.97. The first-order valence-corrected chi connectivity index (χ1v) is 10.9. The zero-order valence-electron chi connectivity index (χ0n) is 15.5. The highest BCUT2D eigenvalue weighted by Gasteiger charge is 2.18. The van der Waals surface area contributed by atoms with Crippen LogP contribution in [0.1, 0.15) is 13.8 Å². The highest BCUT2D eigenvalue weighted by Crippen LogP contribution is 2.38. The zero-order valence-corrected chi connectivity index (χ0v) is 17.9. The van der Waals surface area contributed by atoms with Gasteiger partial charge in [0.2, 0.25) is 0 Å². The third-order valence-corrected chi connectivity index (χ3v) is 6.70. The third-order valence-electron chi connectivity index (χ3n) is 4.12. The maximum absolute atomic E-state index is 6.30. The van der Waals surface area contributed by atoms with Crippen LogP contribution in [0.5, 0.6) is 0 Å². The molecule has 0 fully saturated rings. The van der Waals surface area contributed by atoms with Crippen molar-refractivity contribution in [2.45, 2.75) is 29.9 Å². The molecule has 0 saturated carbocycles. The molecule has 3 aromatic heterocycles. The lowest BCUT2D eigenvalue weighted by atomic mass is 10.2. The van der Waals surface area contributed by atoms with Gasteiger partial charge in [-0.2, -0.15) is 0 Å². The van der Waals surface area contributed by atoms with Gasteiger partial charge in [-0.3, -0.25) is 0 Å². The Labute approximate surface area is 175 Å². The first-order valence-electron chi connectivity index (χ1n) is 8.93. The van der Waals surface area contributed by atoms with Crippen LogP contribution in [-0.2, 0) is 6.54 Å². The SMILES string of the molecule is CC(C)CNCCn1c(Sc2nc3cccc(Cl)c3s2)nc2c(N)ncnc21. The summed E-state index contributed by atoms with van der Waals surface area (Å²) in [5.74, 6) is 0.979. The molecule has 0 radical (unpaired) electrons. The van der Waals surface area contributed by atoms with Gasteiger partial charge in [-0.15, -0.1) is 11.3 Å². The van der Waals surface area contributed by atoms with Crippen molar-refractivity contribution in [3.8, 4) is 0 Å². The summed E-state index contributed by atoms with van der Waals surface area (Å²) in [4.78, 5) is 17.9. The predicted octanol–water partition coefficient (Wildman–Crippen LogP) is 4.07. The fourth-order valence-electron chi connectivity index (χ4n) is 2.81. The van der Waals surface area contributed by atoms with Crippen LogP contribution in [0.4, 0.5) is 5.82 Å². The molecule has 0 amide bonds. The minimum absolute atomic E-state index is 0.382. The molecule has 0 spiro atoms. The van der Waals surface area contributed by atoms with Gasteiger partial charge in [0, 0.05) is 13.1 Å². The quantitative estimate of drug-likeness (QED) is 0.424. The molecule has 146 valence electrons. The largest absolute Gasteiger partial charge is 0.382 e. The van der Waals surface area contributed by atoms with Crippen molar-refractivity contribution in [3.05, 3.63) is 29.5 Å². The highest BCUT2D eigenvalue weighted by molar-refractivity contribution is 8.01. The number of aromatic nitrogens is 5. The van der Waals surface area contributed by atoms with E-state index in [4.69, 9.17) is 22.3 Å². The molecule has 0 aliphatic carbocycles. The Balaban J connectivity index is 1.67. The molecule has 7 nitrogen and oxygen atoms in total. The normalized spacial score (nSPS) is 11.9. The van der Waals surface area contributed by atoms with E-state index in [0.717, 1.165) is 45.0 Å². The van der Waals surface area contributed by atoms with Crippen LogP contribution in [0.15, 0.2) is 34.0 Å². The molecule has 4 rings (SSSR count). The monoisotopic (exact) mass is 433 g/mol. The Hall–Kier alpha value is -1.94. The molecule has 0 aliphatic rings. The number of nitrogens with two attached hydrogens (primary N) is 1. The molecule has 0 bridgehead atoms. The van der Waals surface area contributed by atoms with Crippen molar-refractivity contribution in [1.29, 1.82) is 0 Å². The second kappa shape index (κ2) is 8.20. The number of hydrogen-bond donors (Lipinski definition) is 2. The Kier molecular flexibility index (Phi) is 5.68. The molecular weight excluding hydrogens is 414 g/mol. The topological polar surface area (TPSA) is 94.5 Å². The zero-order chi connectivity index (χ0) is 19.7. The number of nitrogens with one attached hydrogen (secondary N) is 1. The fraction of sp³-hybridized carbons (Fsp3) is 0.333. The molecule has 3 heterocycles. The number of hydrogen-bond acceptors (Lipinski definition) is 8. The van der Waals surface area contributed by atoms with Gasteiger partial charge in [0.25, 0.3) is 0 Å². The summed E-state index contributed by atoms with van der Waals surface area (Å²) in [6.45, 7) is 6.88. The maximum atomic E-state index is 6.30. The molecule has 0 saturated heterocycles. The average Bonchev–Trinajstić information content (AvgIpc) is 3.22. The smallest absolute Gasteiger partial charge is 0.177 e. The third kappa shape index (κ3) is 3.93. The van der Waals surface area contributed by atoms with Crippen molar-refractivity contribution in [2.75, 3.05) is 18.8 Å². The van der Waals surface area contributed by atoms with Crippen LogP contribution >= 0.6 is 34.7 Å². The molecular formula is C18H20ClN7S2.